The second-order valence-corrected chi connectivity index (χ2v) is 5.14. The summed E-state index contributed by atoms with van der Waals surface area (Å²) in [6.07, 6.45) is -4.38. The molecule has 0 atom stereocenters. The average Bonchev–Trinajstić information content (AvgIpc) is 2.34. The monoisotopic (exact) mass is 334 g/mol. The molecule has 0 N–H and O–H groups in total. The van der Waals surface area contributed by atoms with E-state index < -0.39 is 18.2 Å². The minimum Gasteiger partial charge on any atom is -0.371 e. The van der Waals surface area contributed by atoms with Gasteiger partial charge in [-0.1, -0.05) is 23.7 Å². The zero-order chi connectivity index (χ0) is 14.5. The van der Waals surface area contributed by atoms with E-state index in [-0.39, 0.29) is 18.4 Å². The second-order valence-electron chi connectivity index (χ2n) is 4.17. The molecule has 0 saturated heterocycles. The number of hydrogen-bond donors (Lipinski definition) is 0. The molecule has 1 aromatic carbocycles. The summed E-state index contributed by atoms with van der Waals surface area (Å²) in [7, 11) is 0. The van der Waals surface area contributed by atoms with Crippen molar-refractivity contribution >= 4 is 34.8 Å². The Morgan fingerprint density at radius 3 is 2.16 bits per heavy atom. The molecular formula is C12H12Cl3F3O. The van der Waals surface area contributed by atoms with Crippen LogP contribution in [0.15, 0.2) is 24.3 Å². The normalized spacial score (nSPS) is 12.7. The van der Waals surface area contributed by atoms with E-state index in [9.17, 15) is 13.2 Å². The van der Waals surface area contributed by atoms with Crippen molar-refractivity contribution in [2.75, 3.05) is 25.0 Å². The van der Waals surface area contributed by atoms with Crippen LogP contribution in [0.25, 0.3) is 0 Å². The van der Waals surface area contributed by atoms with Crippen molar-refractivity contribution in [3.63, 3.8) is 0 Å². The molecular weight excluding hydrogens is 323 g/mol. The van der Waals surface area contributed by atoms with Gasteiger partial charge in [-0.25, -0.2) is 0 Å². The molecule has 0 saturated carbocycles. The molecule has 0 radical (unpaired) electrons. The summed E-state index contributed by atoms with van der Waals surface area (Å²) >= 11 is 17.6. The van der Waals surface area contributed by atoms with Gasteiger partial charge in [-0.15, -0.1) is 23.2 Å². The summed E-state index contributed by atoms with van der Waals surface area (Å²) < 4.78 is 41.0. The first-order valence-electron chi connectivity index (χ1n) is 5.35. The molecule has 0 aliphatic rings. The Kier molecular flexibility index (Phi) is 6.24. The Bertz CT molecular complexity index is 405. The lowest BCUT2D eigenvalue weighted by molar-refractivity contribution is -0.176. The van der Waals surface area contributed by atoms with Crippen molar-refractivity contribution in [2.45, 2.75) is 11.6 Å². The molecule has 0 unspecified atom stereocenters. The van der Waals surface area contributed by atoms with E-state index in [1.807, 2.05) is 0 Å². The Morgan fingerprint density at radius 1 is 1.05 bits per heavy atom. The first-order valence-corrected chi connectivity index (χ1v) is 6.80. The zero-order valence-corrected chi connectivity index (χ0v) is 12.1. The van der Waals surface area contributed by atoms with E-state index in [0.717, 1.165) is 0 Å². The molecule has 0 spiro atoms. The number of alkyl halides is 5. The predicted octanol–water partition coefficient (Wildman–Crippen LogP) is 4.63. The summed E-state index contributed by atoms with van der Waals surface area (Å²) in [6.45, 7) is -1.55. The lowest BCUT2D eigenvalue weighted by Crippen LogP contribution is -2.37. The van der Waals surface area contributed by atoms with Crippen LogP contribution in [-0.2, 0) is 10.2 Å². The fraction of sp³-hybridized carbons (Fsp3) is 0.500. The van der Waals surface area contributed by atoms with Gasteiger partial charge < -0.3 is 4.74 Å². The van der Waals surface area contributed by atoms with Gasteiger partial charge >= 0.3 is 6.18 Å². The van der Waals surface area contributed by atoms with Crippen molar-refractivity contribution < 1.29 is 17.9 Å². The maximum Gasteiger partial charge on any atom is 0.411 e. The third-order valence-electron chi connectivity index (χ3n) is 2.59. The highest BCUT2D eigenvalue weighted by Crippen LogP contribution is 2.30. The van der Waals surface area contributed by atoms with Gasteiger partial charge in [0.15, 0.2) is 0 Å². The lowest BCUT2D eigenvalue weighted by atomic mass is 9.85. The largest absolute Gasteiger partial charge is 0.411 e. The van der Waals surface area contributed by atoms with Crippen LogP contribution in [0.1, 0.15) is 5.56 Å². The summed E-state index contributed by atoms with van der Waals surface area (Å²) in [6, 6.07) is 6.70. The minimum atomic E-state index is -4.38. The summed E-state index contributed by atoms with van der Waals surface area (Å²) in [4.78, 5) is 0. The molecule has 0 aliphatic heterocycles. The number of hydrogen-bond acceptors (Lipinski definition) is 1. The predicted molar refractivity (Wildman–Crippen MR) is 71.4 cm³/mol. The van der Waals surface area contributed by atoms with E-state index in [1.165, 1.54) is 0 Å². The Labute approximate surface area is 124 Å². The fourth-order valence-electron chi connectivity index (χ4n) is 1.53. The fourth-order valence-corrected chi connectivity index (χ4v) is 2.47. The molecule has 1 aromatic rings. The van der Waals surface area contributed by atoms with Crippen molar-refractivity contribution in [2.24, 2.45) is 0 Å². The van der Waals surface area contributed by atoms with E-state index >= 15 is 0 Å². The molecule has 0 bridgehead atoms. The van der Waals surface area contributed by atoms with Crippen LogP contribution in [0.2, 0.25) is 5.02 Å². The second kappa shape index (κ2) is 7.02. The third-order valence-corrected chi connectivity index (χ3v) is 3.85. The van der Waals surface area contributed by atoms with E-state index in [1.54, 1.807) is 24.3 Å². The molecule has 0 amide bonds. The maximum absolute atomic E-state index is 12.1. The number of rotatable bonds is 6. The standard InChI is InChI=1S/C12H12Cl3F3O/c13-5-11(6-14,7-19-8-12(16,17)18)9-2-1-3-10(15)4-9/h1-4H,5-8H2. The third kappa shape index (κ3) is 5.03. The molecule has 7 heteroatoms. The minimum absolute atomic E-state index is 0.0364. The van der Waals surface area contributed by atoms with Gasteiger partial charge in [0.2, 0.25) is 0 Å². The molecule has 0 aliphatic carbocycles. The van der Waals surface area contributed by atoms with Crippen LogP contribution in [-0.4, -0.2) is 31.2 Å². The Morgan fingerprint density at radius 2 is 1.68 bits per heavy atom. The van der Waals surface area contributed by atoms with Gasteiger partial charge in [-0.2, -0.15) is 13.2 Å². The van der Waals surface area contributed by atoms with Crippen LogP contribution in [0, 0.1) is 0 Å². The van der Waals surface area contributed by atoms with E-state index in [2.05, 4.69) is 0 Å². The summed E-state index contributed by atoms with van der Waals surface area (Å²) in [5, 5.41) is 0.466. The molecule has 108 valence electrons. The van der Waals surface area contributed by atoms with Crippen molar-refractivity contribution in [3.8, 4) is 0 Å². The quantitative estimate of drug-likeness (QED) is 0.689. The highest BCUT2D eigenvalue weighted by atomic mass is 35.5. The first-order chi connectivity index (χ1) is 8.83. The molecule has 1 nitrogen and oxygen atoms in total. The van der Waals surface area contributed by atoms with Crippen molar-refractivity contribution in [3.05, 3.63) is 34.9 Å². The van der Waals surface area contributed by atoms with Crippen LogP contribution in [0.3, 0.4) is 0 Å². The number of ether oxygens (including phenoxy) is 1. The SMILES string of the molecule is FC(F)(F)COCC(CCl)(CCl)c1cccc(Cl)c1. The van der Waals surface area contributed by atoms with Crippen molar-refractivity contribution in [1.82, 2.24) is 0 Å². The molecule has 0 heterocycles. The van der Waals surface area contributed by atoms with Gasteiger partial charge in [-0.3, -0.25) is 0 Å². The van der Waals surface area contributed by atoms with Gasteiger partial charge in [0.25, 0.3) is 0 Å². The molecule has 0 aromatic heterocycles. The number of benzene rings is 1. The zero-order valence-electron chi connectivity index (χ0n) is 9.81. The highest BCUT2D eigenvalue weighted by molar-refractivity contribution is 6.30. The van der Waals surface area contributed by atoms with Crippen LogP contribution in [0.4, 0.5) is 13.2 Å². The lowest BCUT2D eigenvalue weighted by Gasteiger charge is -2.30. The maximum atomic E-state index is 12.1. The average molecular weight is 336 g/mol. The van der Waals surface area contributed by atoms with Gasteiger partial charge in [-0.05, 0) is 17.7 Å². The Hall–Kier alpha value is -0.160. The topological polar surface area (TPSA) is 9.23 Å². The highest BCUT2D eigenvalue weighted by Gasteiger charge is 2.34. The number of halogens is 6. The van der Waals surface area contributed by atoms with Crippen LogP contribution < -0.4 is 0 Å². The van der Waals surface area contributed by atoms with Crippen LogP contribution >= 0.6 is 34.8 Å². The van der Waals surface area contributed by atoms with Gasteiger partial charge in [0.1, 0.15) is 6.61 Å². The summed E-state index contributed by atoms with van der Waals surface area (Å²) in [5.41, 5.74) is -0.230. The smallest absolute Gasteiger partial charge is 0.371 e. The van der Waals surface area contributed by atoms with Gasteiger partial charge in [0.05, 0.1) is 6.61 Å². The van der Waals surface area contributed by atoms with Gasteiger partial charge in [0, 0.05) is 22.2 Å². The molecule has 0 fully saturated rings. The molecule has 1 rings (SSSR count). The Balaban J connectivity index is 2.85. The van der Waals surface area contributed by atoms with E-state index in [4.69, 9.17) is 39.5 Å². The molecule has 19 heavy (non-hydrogen) atoms. The summed E-state index contributed by atoms with van der Waals surface area (Å²) in [5.74, 6) is 0.0728. The van der Waals surface area contributed by atoms with E-state index in [0.29, 0.717) is 10.6 Å². The first kappa shape index (κ1) is 16.9. The van der Waals surface area contributed by atoms with Crippen LogP contribution in [0.5, 0.6) is 0 Å². The van der Waals surface area contributed by atoms with Crippen molar-refractivity contribution in [1.29, 1.82) is 0 Å².